The van der Waals surface area contributed by atoms with Crippen molar-refractivity contribution < 1.29 is 4.74 Å². The predicted molar refractivity (Wildman–Crippen MR) is 102 cm³/mol. The molecule has 0 aliphatic carbocycles. The van der Waals surface area contributed by atoms with E-state index in [-0.39, 0.29) is 5.56 Å². The van der Waals surface area contributed by atoms with Crippen LogP contribution in [0.25, 0.3) is 10.9 Å². The van der Waals surface area contributed by atoms with Gasteiger partial charge in [0.05, 0.1) is 17.5 Å². The molecule has 124 valence electrons. The van der Waals surface area contributed by atoms with Crippen molar-refractivity contribution in [3.63, 3.8) is 0 Å². The average molecular weight is 405 g/mol. The van der Waals surface area contributed by atoms with E-state index in [1.54, 1.807) is 16.3 Å². The lowest BCUT2D eigenvalue weighted by molar-refractivity contribution is 0.343. The van der Waals surface area contributed by atoms with Crippen LogP contribution in [0.3, 0.4) is 0 Å². The third-order valence-electron chi connectivity index (χ3n) is 3.54. The first-order valence-corrected chi connectivity index (χ1v) is 9.47. The number of hydrogen-bond donors (Lipinski definition) is 0. The Morgan fingerprint density at radius 2 is 1.92 bits per heavy atom. The fourth-order valence-corrected chi connectivity index (χ4v) is 3.50. The second-order valence-electron chi connectivity index (χ2n) is 5.11. The van der Waals surface area contributed by atoms with Crippen LogP contribution < -0.4 is 10.3 Å². The molecule has 0 bridgehead atoms. The smallest absolute Gasteiger partial charge is 0.262 e. The number of fused-ring (bicyclic) bond motifs is 1. The Bertz CT molecular complexity index is 894. The largest absolute Gasteiger partial charge is 0.493 e. The van der Waals surface area contributed by atoms with Crippen molar-refractivity contribution in [1.29, 1.82) is 0 Å². The molecule has 0 radical (unpaired) electrons. The van der Waals surface area contributed by atoms with Crippen molar-refractivity contribution in [2.45, 2.75) is 18.6 Å². The van der Waals surface area contributed by atoms with Gasteiger partial charge in [-0.3, -0.25) is 9.36 Å². The fourth-order valence-electron chi connectivity index (χ4n) is 2.36. The zero-order valence-corrected chi connectivity index (χ0v) is 15.6. The second-order valence-corrected chi connectivity index (χ2v) is 7.09. The highest BCUT2D eigenvalue weighted by atomic mass is 79.9. The molecule has 6 heteroatoms. The summed E-state index contributed by atoms with van der Waals surface area (Å²) in [7, 11) is 0. The number of nitrogens with zero attached hydrogens (tertiary/aromatic N) is 2. The number of ether oxygens (including phenoxy) is 1. The van der Waals surface area contributed by atoms with Crippen LogP contribution in [-0.4, -0.2) is 21.9 Å². The summed E-state index contributed by atoms with van der Waals surface area (Å²) in [5, 5.41) is 1.40. The van der Waals surface area contributed by atoms with Gasteiger partial charge in [-0.2, -0.15) is 0 Å². The lowest BCUT2D eigenvalue weighted by Gasteiger charge is -2.11. The number of hydrogen-bond acceptors (Lipinski definition) is 4. The highest BCUT2D eigenvalue weighted by Gasteiger charge is 2.09. The Labute approximate surface area is 153 Å². The van der Waals surface area contributed by atoms with Gasteiger partial charge in [0.2, 0.25) is 0 Å². The normalized spacial score (nSPS) is 10.9. The third-order valence-corrected chi connectivity index (χ3v) is 5.01. The Morgan fingerprint density at radius 3 is 2.67 bits per heavy atom. The van der Waals surface area contributed by atoms with Crippen LogP contribution in [0, 0.1) is 0 Å². The topological polar surface area (TPSA) is 44.1 Å². The standard InChI is InChI=1S/C18H17BrN2O2S/c1-2-21-17(22)15-5-3-4-6-16(15)20-18(21)24-12-11-23-14-9-7-13(19)8-10-14/h3-10H,2,11-12H2,1H3. The number of para-hydroxylation sites is 1. The molecular weight excluding hydrogens is 388 g/mol. The number of aromatic nitrogens is 2. The molecule has 3 aromatic rings. The highest BCUT2D eigenvalue weighted by molar-refractivity contribution is 9.10. The molecule has 2 aromatic carbocycles. The van der Waals surface area contributed by atoms with Crippen molar-refractivity contribution in [1.82, 2.24) is 9.55 Å². The number of rotatable bonds is 6. The van der Waals surface area contributed by atoms with Gasteiger partial charge in [-0.1, -0.05) is 39.8 Å². The van der Waals surface area contributed by atoms with E-state index in [0.29, 0.717) is 18.5 Å². The molecule has 0 unspecified atom stereocenters. The van der Waals surface area contributed by atoms with E-state index in [2.05, 4.69) is 20.9 Å². The summed E-state index contributed by atoms with van der Waals surface area (Å²) >= 11 is 4.94. The van der Waals surface area contributed by atoms with Crippen LogP contribution in [0.4, 0.5) is 0 Å². The SMILES string of the molecule is CCn1c(SCCOc2ccc(Br)cc2)nc2ccccc2c1=O. The zero-order valence-electron chi connectivity index (χ0n) is 13.2. The van der Waals surface area contributed by atoms with Crippen molar-refractivity contribution in [3.05, 3.63) is 63.4 Å². The maximum Gasteiger partial charge on any atom is 0.262 e. The minimum Gasteiger partial charge on any atom is -0.493 e. The zero-order chi connectivity index (χ0) is 16.9. The first kappa shape index (κ1) is 17.0. The monoisotopic (exact) mass is 404 g/mol. The minimum atomic E-state index is 0.0134. The fraction of sp³-hybridized carbons (Fsp3) is 0.222. The molecule has 0 amide bonds. The summed E-state index contributed by atoms with van der Waals surface area (Å²) < 4.78 is 8.46. The van der Waals surface area contributed by atoms with Gasteiger partial charge in [0.15, 0.2) is 5.16 Å². The van der Waals surface area contributed by atoms with E-state index in [9.17, 15) is 4.79 Å². The molecule has 0 fully saturated rings. The van der Waals surface area contributed by atoms with Crippen molar-refractivity contribution >= 4 is 38.6 Å². The Balaban J connectivity index is 1.70. The summed E-state index contributed by atoms with van der Waals surface area (Å²) in [6, 6.07) is 15.2. The predicted octanol–water partition coefficient (Wildman–Crippen LogP) is 4.35. The molecule has 4 nitrogen and oxygen atoms in total. The van der Waals surface area contributed by atoms with Crippen molar-refractivity contribution in [2.75, 3.05) is 12.4 Å². The molecule has 0 aliphatic rings. The summed E-state index contributed by atoms with van der Waals surface area (Å²) in [5.74, 6) is 1.55. The van der Waals surface area contributed by atoms with Gasteiger partial charge in [-0.15, -0.1) is 0 Å². The van der Waals surface area contributed by atoms with E-state index in [4.69, 9.17) is 4.74 Å². The molecule has 0 saturated carbocycles. The van der Waals surface area contributed by atoms with E-state index >= 15 is 0 Å². The maximum absolute atomic E-state index is 12.5. The average Bonchev–Trinajstić information content (AvgIpc) is 2.60. The summed E-state index contributed by atoms with van der Waals surface area (Å²) in [4.78, 5) is 17.2. The van der Waals surface area contributed by atoms with E-state index in [1.165, 1.54) is 0 Å². The van der Waals surface area contributed by atoms with E-state index < -0.39 is 0 Å². The Morgan fingerprint density at radius 1 is 1.17 bits per heavy atom. The van der Waals surface area contributed by atoms with Crippen molar-refractivity contribution in [3.8, 4) is 5.75 Å². The second kappa shape index (κ2) is 7.85. The first-order chi connectivity index (χ1) is 11.7. The van der Waals surface area contributed by atoms with Gasteiger partial charge >= 0.3 is 0 Å². The van der Waals surface area contributed by atoms with Crippen LogP contribution >= 0.6 is 27.7 Å². The first-order valence-electron chi connectivity index (χ1n) is 7.70. The molecule has 1 aromatic heterocycles. The van der Waals surface area contributed by atoms with Crippen LogP contribution in [0.15, 0.2) is 63.0 Å². The van der Waals surface area contributed by atoms with E-state index in [0.717, 1.165) is 26.6 Å². The third kappa shape index (κ3) is 3.82. The van der Waals surface area contributed by atoms with Crippen molar-refractivity contribution in [2.24, 2.45) is 0 Å². The molecule has 3 rings (SSSR count). The summed E-state index contributed by atoms with van der Waals surface area (Å²) in [5.41, 5.74) is 0.753. The van der Waals surface area contributed by atoms with Gasteiger partial charge < -0.3 is 4.74 Å². The van der Waals surface area contributed by atoms with Gasteiger partial charge in [-0.05, 0) is 43.3 Å². The minimum absolute atomic E-state index is 0.0134. The summed E-state index contributed by atoms with van der Waals surface area (Å²) in [6.07, 6.45) is 0. The van der Waals surface area contributed by atoms with Gasteiger partial charge in [0.1, 0.15) is 5.75 Å². The summed E-state index contributed by atoms with van der Waals surface area (Å²) in [6.45, 7) is 3.12. The van der Waals surface area contributed by atoms with Crippen LogP contribution in [-0.2, 0) is 6.54 Å². The van der Waals surface area contributed by atoms with Gasteiger partial charge in [0, 0.05) is 16.8 Å². The highest BCUT2D eigenvalue weighted by Crippen LogP contribution is 2.19. The van der Waals surface area contributed by atoms with Gasteiger partial charge in [0.25, 0.3) is 5.56 Å². The Kier molecular flexibility index (Phi) is 5.58. The Hall–Kier alpha value is -1.79. The molecule has 0 atom stereocenters. The van der Waals surface area contributed by atoms with Crippen LogP contribution in [0.1, 0.15) is 6.92 Å². The molecule has 0 spiro atoms. The van der Waals surface area contributed by atoms with Crippen LogP contribution in [0.2, 0.25) is 0 Å². The molecule has 0 N–H and O–H groups in total. The molecule has 24 heavy (non-hydrogen) atoms. The van der Waals surface area contributed by atoms with Crippen LogP contribution in [0.5, 0.6) is 5.75 Å². The number of benzene rings is 2. The number of halogens is 1. The van der Waals surface area contributed by atoms with E-state index in [1.807, 2.05) is 55.5 Å². The lowest BCUT2D eigenvalue weighted by Crippen LogP contribution is -2.22. The number of thioether (sulfide) groups is 1. The quantitative estimate of drug-likeness (QED) is 0.348. The molecular formula is C18H17BrN2O2S. The maximum atomic E-state index is 12.5. The molecule has 0 saturated heterocycles. The van der Waals surface area contributed by atoms with Gasteiger partial charge in [-0.25, -0.2) is 4.98 Å². The lowest BCUT2D eigenvalue weighted by atomic mass is 10.2. The molecule has 0 aliphatic heterocycles. The molecule has 1 heterocycles.